The molecule has 1 aromatic rings. The van der Waals surface area contributed by atoms with E-state index in [4.69, 9.17) is 6.42 Å². The fraction of sp³-hybridized carbons (Fsp3) is 0.429. The summed E-state index contributed by atoms with van der Waals surface area (Å²) >= 11 is 7.13. The highest BCUT2D eigenvalue weighted by atomic mass is 79.9. The minimum atomic E-state index is 0.361. The van der Waals surface area contributed by atoms with Crippen molar-refractivity contribution < 1.29 is 0 Å². The third-order valence-electron chi connectivity index (χ3n) is 2.60. The molecule has 92 valence electrons. The summed E-state index contributed by atoms with van der Waals surface area (Å²) in [7, 11) is 0. The van der Waals surface area contributed by atoms with Gasteiger partial charge in [-0.2, -0.15) is 0 Å². The Morgan fingerprint density at radius 1 is 1.41 bits per heavy atom. The van der Waals surface area contributed by atoms with Crippen molar-refractivity contribution in [1.29, 1.82) is 0 Å². The quantitative estimate of drug-likeness (QED) is 0.575. The topological polar surface area (TPSA) is 12.0 Å². The van der Waals surface area contributed by atoms with E-state index >= 15 is 0 Å². The van der Waals surface area contributed by atoms with Gasteiger partial charge in [0.15, 0.2) is 0 Å². The molecular formula is C14H17Br2N. The molecule has 1 nitrogen and oxygen atoms in total. The first-order valence-corrected chi connectivity index (χ1v) is 7.39. The molecule has 0 aliphatic carbocycles. The largest absolute Gasteiger partial charge is 0.310 e. The van der Waals surface area contributed by atoms with Gasteiger partial charge >= 0.3 is 0 Å². The molecule has 0 aliphatic heterocycles. The molecule has 0 spiro atoms. The van der Waals surface area contributed by atoms with Crippen molar-refractivity contribution in [2.24, 2.45) is 0 Å². The average Bonchev–Trinajstić information content (AvgIpc) is 2.32. The van der Waals surface area contributed by atoms with Gasteiger partial charge in [0.05, 0.1) is 0 Å². The van der Waals surface area contributed by atoms with Gasteiger partial charge in [-0.3, -0.25) is 0 Å². The summed E-state index contributed by atoms with van der Waals surface area (Å²) < 4.78 is 2.25. The molecule has 0 saturated heterocycles. The molecule has 0 fully saturated rings. The van der Waals surface area contributed by atoms with Crippen molar-refractivity contribution in [3.63, 3.8) is 0 Å². The first-order valence-electron chi connectivity index (χ1n) is 5.80. The lowest BCUT2D eigenvalue weighted by Gasteiger charge is -2.19. The van der Waals surface area contributed by atoms with Crippen LogP contribution in [0.15, 0.2) is 27.1 Å². The molecule has 0 aromatic heterocycles. The highest BCUT2D eigenvalue weighted by Gasteiger charge is 2.13. The summed E-state index contributed by atoms with van der Waals surface area (Å²) in [5, 5.41) is 3.51. The fourth-order valence-electron chi connectivity index (χ4n) is 1.80. The van der Waals surface area contributed by atoms with Crippen LogP contribution in [0.25, 0.3) is 0 Å². The van der Waals surface area contributed by atoms with E-state index < -0.39 is 0 Å². The van der Waals surface area contributed by atoms with Crippen molar-refractivity contribution in [2.45, 2.75) is 32.2 Å². The lowest BCUT2D eigenvalue weighted by molar-refractivity contribution is 0.500. The third-order valence-corrected chi connectivity index (χ3v) is 3.81. The monoisotopic (exact) mass is 357 g/mol. The standard InChI is InChI=1S/C14H17Br2N/c1-3-5-6-7-14(17-4-2)12-10-11(15)8-9-13(12)16/h1,8-10,14,17H,4-7H2,2H3. The number of hydrogen-bond acceptors (Lipinski definition) is 1. The Morgan fingerprint density at radius 3 is 2.82 bits per heavy atom. The van der Waals surface area contributed by atoms with Gasteiger partial charge in [0, 0.05) is 21.4 Å². The van der Waals surface area contributed by atoms with Gasteiger partial charge in [-0.1, -0.05) is 38.8 Å². The molecule has 0 aliphatic rings. The summed E-state index contributed by atoms with van der Waals surface area (Å²) in [6.45, 7) is 3.08. The van der Waals surface area contributed by atoms with Crippen LogP contribution >= 0.6 is 31.9 Å². The molecule has 1 atom stereocenters. The summed E-state index contributed by atoms with van der Waals surface area (Å²) in [5.74, 6) is 2.69. The molecule has 1 unspecified atom stereocenters. The number of halogens is 2. The van der Waals surface area contributed by atoms with Crippen LogP contribution in [0.2, 0.25) is 0 Å². The van der Waals surface area contributed by atoms with Crippen LogP contribution < -0.4 is 5.32 Å². The molecule has 0 amide bonds. The number of benzene rings is 1. The SMILES string of the molecule is C#CCCCC(NCC)c1cc(Br)ccc1Br. The van der Waals surface area contributed by atoms with Crippen LogP contribution in [0.4, 0.5) is 0 Å². The summed E-state index contributed by atoms with van der Waals surface area (Å²) in [5.41, 5.74) is 1.29. The zero-order valence-electron chi connectivity index (χ0n) is 9.97. The Bertz CT molecular complexity index is 396. The van der Waals surface area contributed by atoms with Crippen LogP contribution in [0.5, 0.6) is 0 Å². The molecule has 17 heavy (non-hydrogen) atoms. The van der Waals surface area contributed by atoms with Gasteiger partial charge in [-0.15, -0.1) is 12.3 Å². The minimum absolute atomic E-state index is 0.361. The maximum Gasteiger partial charge on any atom is 0.0332 e. The van der Waals surface area contributed by atoms with Gasteiger partial charge < -0.3 is 5.32 Å². The molecule has 0 heterocycles. The van der Waals surface area contributed by atoms with Gasteiger partial charge in [-0.05, 0) is 43.1 Å². The van der Waals surface area contributed by atoms with Gasteiger partial charge in [-0.25, -0.2) is 0 Å². The Balaban J connectivity index is 2.81. The Labute approximate surface area is 121 Å². The minimum Gasteiger partial charge on any atom is -0.310 e. The molecular weight excluding hydrogens is 342 g/mol. The van der Waals surface area contributed by atoms with Crippen molar-refractivity contribution in [3.05, 3.63) is 32.7 Å². The molecule has 1 aromatic carbocycles. The Morgan fingerprint density at radius 2 is 2.18 bits per heavy atom. The predicted octanol–water partition coefficient (Wildman–Crippen LogP) is 4.67. The Hall–Kier alpha value is -0.300. The summed E-state index contributed by atoms with van der Waals surface area (Å²) in [6, 6.07) is 6.64. The second-order valence-electron chi connectivity index (χ2n) is 3.87. The molecule has 1 rings (SSSR count). The number of rotatable bonds is 6. The molecule has 0 saturated carbocycles. The van der Waals surface area contributed by atoms with Crippen LogP contribution in [-0.4, -0.2) is 6.54 Å². The van der Waals surface area contributed by atoms with E-state index in [-0.39, 0.29) is 0 Å². The van der Waals surface area contributed by atoms with Crippen LogP contribution in [0, 0.1) is 12.3 Å². The lowest BCUT2D eigenvalue weighted by atomic mass is 10.0. The van der Waals surface area contributed by atoms with Crippen molar-refractivity contribution in [2.75, 3.05) is 6.54 Å². The summed E-state index contributed by atoms with van der Waals surface area (Å²) in [4.78, 5) is 0. The highest BCUT2D eigenvalue weighted by Crippen LogP contribution is 2.29. The van der Waals surface area contributed by atoms with Gasteiger partial charge in [0.25, 0.3) is 0 Å². The van der Waals surface area contributed by atoms with E-state index in [0.717, 1.165) is 34.8 Å². The second kappa shape index (κ2) is 7.92. The molecule has 3 heteroatoms. The first kappa shape index (κ1) is 14.8. The first-order chi connectivity index (χ1) is 8.19. The number of nitrogens with one attached hydrogen (secondary N) is 1. The van der Waals surface area contributed by atoms with E-state index in [9.17, 15) is 0 Å². The van der Waals surface area contributed by atoms with Crippen LogP contribution in [0.3, 0.4) is 0 Å². The van der Waals surface area contributed by atoms with E-state index in [1.807, 2.05) is 6.07 Å². The molecule has 0 radical (unpaired) electrons. The van der Waals surface area contributed by atoms with Crippen LogP contribution in [0.1, 0.15) is 37.8 Å². The van der Waals surface area contributed by atoms with E-state index in [1.54, 1.807) is 0 Å². The maximum atomic E-state index is 5.29. The van der Waals surface area contributed by atoms with Crippen LogP contribution in [-0.2, 0) is 0 Å². The number of terminal acetylenes is 1. The molecule has 0 bridgehead atoms. The van der Waals surface area contributed by atoms with E-state index in [1.165, 1.54) is 5.56 Å². The van der Waals surface area contributed by atoms with Crippen molar-refractivity contribution in [3.8, 4) is 12.3 Å². The normalized spacial score (nSPS) is 12.1. The van der Waals surface area contributed by atoms with E-state index in [0.29, 0.717) is 6.04 Å². The third kappa shape index (κ3) is 4.83. The number of unbranched alkanes of at least 4 members (excludes halogenated alkanes) is 1. The maximum absolute atomic E-state index is 5.29. The summed E-state index contributed by atoms with van der Waals surface area (Å²) in [6.07, 6.45) is 8.25. The fourth-order valence-corrected chi connectivity index (χ4v) is 2.71. The lowest BCUT2D eigenvalue weighted by Crippen LogP contribution is -2.21. The van der Waals surface area contributed by atoms with Crippen molar-refractivity contribution in [1.82, 2.24) is 5.32 Å². The molecule has 1 N–H and O–H groups in total. The van der Waals surface area contributed by atoms with Crippen molar-refractivity contribution >= 4 is 31.9 Å². The zero-order chi connectivity index (χ0) is 12.7. The van der Waals surface area contributed by atoms with Gasteiger partial charge in [0.1, 0.15) is 0 Å². The second-order valence-corrected chi connectivity index (χ2v) is 5.64. The zero-order valence-corrected chi connectivity index (χ0v) is 13.1. The highest BCUT2D eigenvalue weighted by molar-refractivity contribution is 9.11. The average molecular weight is 359 g/mol. The Kier molecular flexibility index (Phi) is 6.87. The smallest absolute Gasteiger partial charge is 0.0332 e. The number of hydrogen-bond donors (Lipinski definition) is 1. The van der Waals surface area contributed by atoms with E-state index in [2.05, 4.69) is 62.2 Å². The van der Waals surface area contributed by atoms with Gasteiger partial charge in [0.2, 0.25) is 0 Å². The predicted molar refractivity (Wildman–Crippen MR) is 80.9 cm³/mol.